The van der Waals surface area contributed by atoms with Gasteiger partial charge in [-0.25, -0.2) is 4.79 Å². The Kier molecular flexibility index (Phi) is 4.87. The van der Waals surface area contributed by atoms with Crippen LogP contribution in [0, 0.1) is 0 Å². The summed E-state index contributed by atoms with van der Waals surface area (Å²) in [7, 11) is 0. The zero-order valence-corrected chi connectivity index (χ0v) is 15.2. The van der Waals surface area contributed by atoms with Crippen LogP contribution in [0.4, 0.5) is 5.00 Å². The van der Waals surface area contributed by atoms with E-state index in [0.717, 1.165) is 10.4 Å². The van der Waals surface area contributed by atoms with Crippen LogP contribution < -0.4 is 5.32 Å². The summed E-state index contributed by atoms with van der Waals surface area (Å²) in [6.07, 6.45) is 3.70. The molecule has 1 aliphatic heterocycles. The highest BCUT2D eigenvalue weighted by atomic mass is 32.1. The van der Waals surface area contributed by atoms with Gasteiger partial charge in [0, 0.05) is 29.3 Å². The van der Waals surface area contributed by atoms with E-state index in [1.807, 2.05) is 13.8 Å². The number of pyridine rings is 1. The van der Waals surface area contributed by atoms with E-state index in [4.69, 9.17) is 9.47 Å². The molecule has 1 amide bonds. The van der Waals surface area contributed by atoms with Gasteiger partial charge >= 0.3 is 5.97 Å². The molecule has 1 aliphatic rings. The molecule has 25 heavy (non-hydrogen) atoms. The number of rotatable bonds is 4. The Morgan fingerprint density at radius 1 is 1.36 bits per heavy atom. The number of amides is 1. The first-order valence-corrected chi connectivity index (χ1v) is 8.90. The van der Waals surface area contributed by atoms with Crippen molar-refractivity contribution in [3.63, 3.8) is 0 Å². The first kappa shape index (κ1) is 17.6. The van der Waals surface area contributed by atoms with E-state index in [1.165, 1.54) is 11.3 Å². The van der Waals surface area contributed by atoms with Crippen LogP contribution in [0.2, 0.25) is 0 Å². The Hall–Kier alpha value is -2.25. The van der Waals surface area contributed by atoms with Gasteiger partial charge in [0.2, 0.25) is 0 Å². The summed E-state index contributed by atoms with van der Waals surface area (Å²) in [6, 6.07) is 3.25. The molecule has 0 bridgehead atoms. The van der Waals surface area contributed by atoms with Crippen LogP contribution in [0.1, 0.15) is 51.9 Å². The Morgan fingerprint density at radius 3 is 2.76 bits per heavy atom. The third kappa shape index (κ3) is 3.72. The maximum atomic E-state index is 12.5. The van der Waals surface area contributed by atoms with Crippen LogP contribution in [-0.2, 0) is 22.5 Å². The van der Waals surface area contributed by atoms with Crippen molar-refractivity contribution >= 4 is 28.2 Å². The second kappa shape index (κ2) is 6.93. The van der Waals surface area contributed by atoms with E-state index in [9.17, 15) is 9.59 Å². The fourth-order valence-corrected chi connectivity index (χ4v) is 3.85. The average molecular weight is 360 g/mol. The molecule has 0 unspecified atom stereocenters. The highest BCUT2D eigenvalue weighted by Gasteiger charge is 2.34. The fraction of sp³-hybridized carbons (Fsp3) is 0.389. The second-order valence-electron chi connectivity index (χ2n) is 6.34. The van der Waals surface area contributed by atoms with Crippen molar-refractivity contribution in [2.75, 3.05) is 11.9 Å². The summed E-state index contributed by atoms with van der Waals surface area (Å²) in [5, 5.41) is 3.35. The zero-order chi connectivity index (χ0) is 18.0. The maximum absolute atomic E-state index is 12.5. The summed E-state index contributed by atoms with van der Waals surface area (Å²) in [4.78, 5) is 29.8. The first-order chi connectivity index (χ1) is 11.9. The summed E-state index contributed by atoms with van der Waals surface area (Å²) < 4.78 is 11.0. The number of carbonyl (C=O) groups excluding carboxylic acids is 2. The Bertz CT molecular complexity index is 799. The predicted octanol–water partition coefficient (Wildman–Crippen LogP) is 3.42. The van der Waals surface area contributed by atoms with Gasteiger partial charge in [0.25, 0.3) is 5.91 Å². The molecule has 0 atom stereocenters. The lowest BCUT2D eigenvalue weighted by atomic mass is 9.93. The van der Waals surface area contributed by atoms with Crippen LogP contribution in [0.15, 0.2) is 24.5 Å². The van der Waals surface area contributed by atoms with E-state index in [1.54, 1.807) is 31.5 Å². The summed E-state index contributed by atoms with van der Waals surface area (Å²) in [5.74, 6) is -0.700. The van der Waals surface area contributed by atoms with E-state index < -0.39 is 5.97 Å². The van der Waals surface area contributed by atoms with Crippen molar-refractivity contribution in [3.05, 3.63) is 46.1 Å². The lowest BCUT2D eigenvalue weighted by Crippen LogP contribution is -2.32. The molecule has 132 valence electrons. The number of thiophene rings is 1. The molecule has 0 saturated carbocycles. The summed E-state index contributed by atoms with van der Waals surface area (Å²) in [6.45, 7) is 6.43. The number of nitrogens with one attached hydrogen (secondary N) is 1. The smallest absolute Gasteiger partial charge is 0.341 e. The topological polar surface area (TPSA) is 77.5 Å². The molecule has 0 radical (unpaired) electrons. The van der Waals surface area contributed by atoms with Gasteiger partial charge in [-0.1, -0.05) is 0 Å². The van der Waals surface area contributed by atoms with Crippen molar-refractivity contribution in [2.24, 2.45) is 0 Å². The molecule has 0 spiro atoms. The van der Waals surface area contributed by atoms with Crippen molar-refractivity contribution in [1.29, 1.82) is 0 Å². The molecular formula is C18H20N2O4S. The molecule has 0 saturated heterocycles. The highest BCUT2D eigenvalue weighted by molar-refractivity contribution is 7.17. The van der Waals surface area contributed by atoms with E-state index >= 15 is 0 Å². The molecule has 3 heterocycles. The van der Waals surface area contributed by atoms with Crippen LogP contribution in [0.5, 0.6) is 0 Å². The van der Waals surface area contributed by atoms with Gasteiger partial charge in [0.05, 0.1) is 24.4 Å². The molecule has 6 nitrogen and oxygen atoms in total. The number of hydrogen-bond acceptors (Lipinski definition) is 6. The van der Waals surface area contributed by atoms with Crippen LogP contribution in [0.25, 0.3) is 0 Å². The predicted molar refractivity (Wildman–Crippen MR) is 95.0 cm³/mol. The first-order valence-electron chi connectivity index (χ1n) is 8.08. The highest BCUT2D eigenvalue weighted by Crippen LogP contribution is 2.40. The van der Waals surface area contributed by atoms with Gasteiger partial charge in [0.1, 0.15) is 5.00 Å². The number of nitrogens with zero attached hydrogens (tertiary/aromatic N) is 1. The number of aromatic nitrogens is 1. The van der Waals surface area contributed by atoms with Gasteiger partial charge in [-0.3, -0.25) is 9.78 Å². The minimum atomic E-state index is -0.414. The molecule has 3 rings (SSSR count). The molecule has 7 heteroatoms. The van der Waals surface area contributed by atoms with Crippen molar-refractivity contribution in [1.82, 2.24) is 4.98 Å². The molecule has 1 N–H and O–H groups in total. The molecule has 0 aromatic carbocycles. The number of anilines is 1. The van der Waals surface area contributed by atoms with Crippen LogP contribution in [-0.4, -0.2) is 29.1 Å². The number of ether oxygens (including phenoxy) is 2. The molecule has 0 aliphatic carbocycles. The number of carbonyl (C=O) groups is 2. The monoisotopic (exact) mass is 360 g/mol. The van der Waals surface area contributed by atoms with E-state index in [0.29, 0.717) is 29.2 Å². The summed E-state index contributed by atoms with van der Waals surface area (Å²) in [5.41, 5.74) is 1.47. The number of hydrogen-bond donors (Lipinski definition) is 1. The fourth-order valence-electron chi connectivity index (χ4n) is 2.74. The Labute approximate surface area is 150 Å². The molecule has 0 fully saturated rings. The van der Waals surface area contributed by atoms with Crippen LogP contribution in [0.3, 0.4) is 0 Å². The van der Waals surface area contributed by atoms with Crippen molar-refractivity contribution in [3.8, 4) is 0 Å². The maximum Gasteiger partial charge on any atom is 0.341 e. The lowest BCUT2D eigenvalue weighted by Gasteiger charge is -2.30. The molecular weight excluding hydrogens is 340 g/mol. The minimum absolute atomic E-state index is 0.279. The largest absolute Gasteiger partial charge is 0.462 e. The SMILES string of the molecule is CCOC(=O)c1c(NC(=O)c2ccncc2)sc2c1CC(C)(C)OC2. The molecule has 2 aromatic rings. The Balaban J connectivity index is 1.97. The third-order valence-corrected chi connectivity index (χ3v) is 5.06. The van der Waals surface area contributed by atoms with Gasteiger partial charge in [-0.05, 0) is 38.5 Å². The quantitative estimate of drug-likeness (QED) is 0.845. The minimum Gasteiger partial charge on any atom is -0.462 e. The molecule has 2 aromatic heterocycles. The van der Waals surface area contributed by atoms with E-state index in [-0.39, 0.29) is 18.1 Å². The number of fused-ring (bicyclic) bond motifs is 1. The summed E-state index contributed by atoms with van der Waals surface area (Å²) >= 11 is 1.37. The van der Waals surface area contributed by atoms with Crippen molar-refractivity contribution < 1.29 is 19.1 Å². The second-order valence-corrected chi connectivity index (χ2v) is 7.45. The van der Waals surface area contributed by atoms with Gasteiger partial charge < -0.3 is 14.8 Å². The lowest BCUT2D eigenvalue weighted by molar-refractivity contribution is -0.0384. The normalized spacial score (nSPS) is 15.3. The zero-order valence-electron chi connectivity index (χ0n) is 14.4. The van der Waals surface area contributed by atoms with Crippen molar-refractivity contribution in [2.45, 2.75) is 39.4 Å². The average Bonchev–Trinajstić information content (AvgIpc) is 2.91. The van der Waals surface area contributed by atoms with E-state index in [2.05, 4.69) is 10.3 Å². The van der Waals surface area contributed by atoms with Gasteiger partial charge in [-0.2, -0.15) is 0 Å². The van der Waals surface area contributed by atoms with Gasteiger partial charge in [0.15, 0.2) is 0 Å². The Morgan fingerprint density at radius 2 is 2.08 bits per heavy atom. The number of esters is 1. The standard InChI is InChI=1S/C18H20N2O4S/c1-4-23-17(22)14-12-9-18(2,3)24-10-13(12)25-16(14)20-15(21)11-5-7-19-8-6-11/h5-8H,4,9-10H2,1-3H3,(H,20,21). The van der Waals surface area contributed by atoms with Gasteiger partial charge in [-0.15, -0.1) is 11.3 Å². The van der Waals surface area contributed by atoms with Crippen LogP contribution >= 0.6 is 11.3 Å². The third-order valence-electron chi connectivity index (χ3n) is 3.94.